The molecule has 3 aromatic carbocycles. The Kier molecular flexibility index (Phi) is 8.17. The van der Waals surface area contributed by atoms with Crippen molar-refractivity contribution in [2.45, 2.75) is 11.8 Å². The number of rotatable bonds is 9. The van der Waals surface area contributed by atoms with Gasteiger partial charge in [-0.2, -0.15) is 0 Å². The van der Waals surface area contributed by atoms with Crippen LogP contribution in [-0.2, 0) is 14.8 Å². The molecule has 0 aliphatic heterocycles. The van der Waals surface area contributed by atoms with Crippen molar-refractivity contribution in [3.63, 3.8) is 0 Å². The van der Waals surface area contributed by atoms with Crippen LogP contribution in [0.4, 0.5) is 5.69 Å². The Morgan fingerprint density at radius 2 is 1.69 bits per heavy atom. The van der Waals surface area contributed by atoms with E-state index in [0.717, 1.165) is 14.3 Å². The van der Waals surface area contributed by atoms with Crippen LogP contribution in [0.25, 0.3) is 0 Å². The molecule has 3 aromatic rings. The van der Waals surface area contributed by atoms with E-state index in [-0.39, 0.29) is 24.6 Å². The molecule has 0 saturated carbocycles. The molecule has 1 amide bonds. The Labute approximate surface area is 201 Å². The van der Waals surface area contributed by atoms with E-state index in [1.165, 1.54) is 12.1 Å². The quantitative estimate of drug-likeness (QED) is 0.398. The summed E-state index contributed by atoms with van der Waals surface area (Å²) in [5, 5.41) is 3.17. The summed E-state index contributed by atoms with van der Waals surface area (Å²) in [7, 11) is -3.95. The molecule has 9 heteroatoms. The molecule has 0 aliphatic rings. The molecule has 0 aliphatic carbocycles. The summed E-state index contributed by atoms with van der Waals surface area (Å²) in [5.74, 6) is 0.0632. The zero-order valence-corrected chi connectivity index (χ0v) is 20.5. The minimum Gasteiger partial charge on any atom is -0.490 e. The number of halogens is 2. The lowest BCUT2D eigenvalue weighted by Crippen LogP contribution is -2.41. The van der Waals surface area contributed by atoms with Crippen LogP contribution in [0.15, 0.2) is 82.2 Å². The van der Waals surface area contributed by atoms with Crippen LogP contribution < -0.4 is 14.4 Å². The molecule has 0 saturated heterocycles. The van der Waals surface area contributed by atoms with Crippen molar-refractivity contribution in [2.24, 2.45) is 0 Å². The van der Waals surface area contributed by atoms with Crippen LogP contribution in [0.5, 0.6) is 5.75 Å². The van der Waals surface area contributed by atoms with Gasteiger partial charge in [0.2, 0.25) is 5.91 Å². The van der Waals surface area contributed by atoms with Crippen LogP contribution in [0, 0.1) is 6.92 Å². The lowest BCUT2D eigenvalue weighted by molar-refractivity contribution is -0.119. The molecule has 0 atom stereocenters. The van der Waals surface area contributed by atoms with Crippen molar-refractivity contribution in [2.75, 3.05) is 24.0 Å². The number of sulfonamides is 1. The highest BCUT2D eigenvalue weighted by Gasteiger charge is 2.27. The molecule has 168 valence electrons. The fourth-order valence-corrected chi connectivity index (χ4v) is 4.74. The lowest BCUT2D eigenvalue weighted by Gasteiger charge is -2.24. The Morgan fingerprint density at radius 1 is 1.03 bits per heavy atom. The molecule has 1 N–H and O–H groups in total. The number of anilines is 1. The highest BCUT2D eigenvalue weighted by molar-refractivity contribution is 9.10. The second-order valence-electron chi connectivity index (χ2n) is 6.93. The zero-order chi connectivity index (χ0) is 23.1. The number of carbonyl (C=O) groups excluding carboxylic acids is 1. The number of aryl methyl sites for hydroxylation is 1. The summed E-state index contributed by atoms with van der Waals surface area (Å²) in [6.45, 7) is 1.90. The van der Waals surface area contributed by atoms with Crippen LogP contribution in [-0.4, -0.2) is 34.0 Å². The third-order valence-electron chi connectivity index (χ3n) is 4.53. The van der Waals surface area contributed by atoms with Gasteiger partial charge in [0.15, 0.2) is 0 Å². The first-order valence-corrected chi connectivity index (χ1v) is 12.4. The van der Waals surface area contributed by atoms with E-state index in [9.17, 15) is 13.2 Å². The van der Waals surface area contributed by atoms with Crippen LogP contribution in [0.2, 0.25) is 5.02 Å². The molecule has 32 heavy (non-hydrogen) atoms. The van der Waals surface area contributed by atoms with Gasteiger partial charge in [-0.05, 0) is 55.5 Å². The van der Waals surface area contributed by atoms with E-state index in [4.69, 9.17) is 16.3 Å². The molecule has 0 unspecified atom stereocenters. The summed E-state index contributed by atoms with van der Waals surface area (Å²) in [6, 6.07) is 20.3. The first-order valence-electron chi connectivity index (χ1n) is 9.76. The van der Waals surface area contributed by atoms with E-state index in [2.05, 4.69) is 21.2 Å². The van der Waals surface area contributed by atoms with Gasteiger partial charge in [-0.25, -0.2) is 8.42 Å². The summed E-state index contributed by atoms with van der Waals surface area (Å²) < 4.78 is 34.1. The Bertz CT molecular complexity index is 1170. The normalized spacial score (nSPS) is 11.1. The number of nitrogens with one attached hydrogen (secondary N) is 1. The zero-order valence-electron chi connectivity index (χ0n) is 17.3. The smallest absolute Gasteiger partial charge is 0.264 e. The minimum absolute atomic E-state index is 0.112. The SMILES string of the molecule is Cc1ccc(S(=O)(=O)N(CC(=O)NCCOc2ccccc2Cl)c2ccc(Br)cc2)cc1. The third kappa shape index (κ3) is 6.25. The number of para-hydroxylation sites is 1. The molecule has 0 aromatic heterocycles. The van der Waals surface area contributed by atoms with Gasteiger partial charge in [-0.3, -0.25) is 9.10 Å². The first kappa shape index (κ1) is 24.1. The standard InChI is InChI=1S/C23H22BrClN2O4S/c1-17-6-12-20(13-7-17)32(29,30)27(19-10-8-18(24)9-11-19)16-23(28)26-14-15-31-22-5-3-2-4-21(22)25/h2-13H,14-16H2,1H3,(H,26,28). The summed E-state index contributed by atoms with van der Waals surface area (Å²) >= 11 is 9.39. The van der Waals surface area contributed by atoms with Gasteiger partial charge in [0, 0.05) is 4.47 Å². The summed E-state index contributed by atoms with van der Waals surface area (Å²) in [4.78, 5) is 12.7. The third-order valence-corrected chi connectivity index (χ3v) is 7.16. The highest BCUT2D eigenvalue weighted by Crippen LogP contribution is 2.26. The molecule has 0 spiro atoms. The number of ether oxygens (including phenoxy) is 1. The topological polar surface area (TPSA) is 75.7 Å². The maximum atomic E-state index is 13.3. The first-order chi connectivity index (χ1) is 15.3. The number of hydrogen-bond acceptors (Lipinski definition) is 4. The van der Waals surface area contributed by atoms with Gasteiger partial charge in [0.1, 0.15) is 18.9 Å². The largest absolute Gasteiger partial charge is 0.490 e. The van der Waals surface area contributed by atoms with E-state index in [0.29, 0.717) is 16.5 Å². The Balaban J connectivity index is 1.71. The Hall–Kier alpha value is -2.55. The molecule has 0 radical (unpaired) electrons. The van der Waals surface area contributed by atoms with Crippen LogP contribution >= 0.6 is 27.5 Å². The van der Waals surface area contributed by atoms with Crippen molar-refractivity contribution >= 4 is 49.1 Å². The number of hydrogen-bond donors (Lipinski definition) is 1. The molecule has 0 fully saturated rings. The molecule has 0 bridgehead atoms. The number of amides is 1. The van der Waals surface area contributed by atoms with Crippen molar-refractivity contribution < 1.29 is 17.9 Å². The van der Waals surface area contributed by atoms with Crippen molar-refractivity contribution in [1.82, 2.24) is 5.32 Å². The lowest BCUT2D eigenvalue weighted by atomic mass is 10.2. The molecular weight excluding hydrogens is 516 g/mol. The van der Waals surface area contributed by atoms with Gasteiger partial charge >= 0.3 is 0 Å². The summed E-state index contributed by atoms with van der Waals surface area (Å²) in [5.41, 5.74) is 1.33. The van der Waals surface area contributed by atoms with Gasteiger partial charge in [-0.1, -0.05) is 57.4 Å². The predicted octanol–water partition coefficient (Wildman–Crippen LogP) is 4.80. The molecular formula is C23H22BrClN2O4S. The van der Waals surface area contributed by atoms with Crippen molar-refractivity contribution in [3.8, 4) is 5.75 Å². The second kappa shape index (κ2) is 10.8. The Morgan fingerprint density at radius 3 is 2.34 bits per heavy atom. The fourth-order valence-electron chi connectivity index (χ4n) is 2.86. The van der Waals surface area contributed by atoms with E-state index in [1.54, 1.807) is 60.7 Å². The van der Waals surface area contributed by atoms with E-state index >= 15 is 0 Å². The van der Waals surface area contributed by atoms with Crippen LogP contribution in [0.3, 0.4) is 0 Å². The van der Waals surface area contributed by atoms with Crippen molar-refractivity contribution in [3.05, 3.63) is 87.9 Å². The van der Waals surface area contributed by atoms with Gasteiger partial charge in [-0.15, -0.1) is 0 Å². The van der Waals surface area contributed by atoms with E-state index in [1.807, 2.05) is 6.92 Å². The number of benzene rings is 3. The molecule has 3 rings (SSSR count). The maximum Gasteiger partial charge on any atom is 0.264 e. The van der Waals surface area contributed by atoms with Gasteiger partial charge in [0.05, 0.1) is 22.2 Å². The summed E-state index contributed by atoms with van der Waals surface area (Å²) in [6.07, 6.45) is 0. The maximum absolute atomic E-state index is 13.3. The fraction of sp³-hybridized carbons (Fsp3) is 0.174. The highest BCUT2D eigenvalue weighted by atomic mass is 79.9. The number of nitrogens with zero attached hydrogens (tertiary/aromatic N) is 1. The molecule has 6 nitrogen and oxygen atoms in total. The van der Waals surface area contributed by atoms with Gasteiger partial charge in [0.25, 0.3) is 10.0 Å². The monoisotopic (exact) mass is 536 g/mol. The van der Waals surface area contributed by atoms with Gasteiger partial charge < -0.3 is 10.1 Å². The van der Waals surface area contributed by atoms with E-state index < -0.39 is 15.9 Å². The predicted molar refractivity (Wildman–Crippen MR) is 130 cm³/mol. The minimum atomic E-state index is -3.95. The average molecular weight is 538 g/mol. The van der Waals surface area contributed by atoms with Crippen molar-refractivity contribution in [1.29, 1.82) is 0 Å². The number of carbonyl (C=O) groups is 1. The molecule has 0 heterocycles. The van der Waals surface area contributed by atoms with Crippen LogP contribution in [0.1, 0.15) is 5.56 Å². The second-order valence-corrected chi connectivity index (χ2v) is 10.1. The average Bonchev–Trinajstić information content (AvgIpc) is 2.77.